The van der Waals surface area contributed by atoms with Gasteiger partial charge in [0.2, 0.25) is 0 Å². The van der Waals surface area contributed by atoms with E-state index in [1.807, 2.05) is 13.8 Å². The Morgan fingerprint density at radius 3 is 2.79 bits per heavy atom. The molecule has 1 aromatic heterocycles. The van der Waals surface area contributed by atoms with Crippen LogP contribution in [0.5, 0.6) is 0 Å². The first-order valence-electron chi connectivity index (χ1n) is 4.43. The fraction of sp³-hybridized carbons (Fsp3) is 0.300. The molecule has 0 spiro atoms. The van der Waals surface area contributed by atoms with Gasteiger partial charge in [0.1, 0.15) is 11.0 Å². The summed E-state index contributed by atoms with van der Waals surface area (Å²) >= 11 is 6.06. The number of benzene rings is 1. The molecule has 0 atom stereocenters. The van der Waals surface area contributed by atoms with Crippen LogP contribution in [0, 0.1) is 5.82 Å². The molecule has 0 fully saturated rings. The molecule has 0 amide bonds. The van der Waals surface area contributed by atoms with E-state index in [0.717, 1.165) is 5.52 Å². The van der Waals surface area contributed by atoms with E-state index in [2.05, 4.69) is 5.10 Å². The largest absolute Gasteiger partial charge is 0.250 e. The van der Waals surface area contributed by atoms with Gasteiger partial charge in [-0.25, -0.2) is 4.39 Å². The molecule has 0 aliphatic heterocycles. The van der Waals surface area contributed by atoms with Gasteiger partial charge in [0.05, 0.1) is 5.52 Å². The summed E-state index contributed by atoms with van der Waals surface area (Å²) in [5.41, 5.74) is 0.727. The summed E-state index contributed by atoms with van der Waals surface area (Å²) < 4.78 is 14.6. The van der Waals surface area contributed by atoms with Crippen LogP contribution in [0.3, 0.4) is 0 Å². The lowest BCUT2D eigenvalue weighted by molar-refractivity contribution is 0.538. The molecule has 74 valence electrons. The Balaban J connectivity index is 2.74. The topological polar surface area (TPSA) is 17.8 Å². The van der Waals surface area contributed by atoms with Crippen molar-refractivity contribution < 1.29 is 4.39 Å². The number of halogens is 2. The first-order valence-corrected chi connectivity index (χ1v) is 4.80. The number of nitrogens with zero attached hydrogens (tertiary/aromatic N) is 2. The van der Waals surface area contributed by atoms with E-state index < -0.39 is 0 Å². The monoisotopic (exact) mass is 212 g/mol. The van der Waals surface area contributed by atoms with Crippen molar-refractivity contribution in [1.82, 2.24) is 9.78 Å². The van der Waals surface area contributed by atoms with Gasteiger partial charge in [-0.15, -0.1) is 0 Å². The highest BCUT2D eigenvalue weighted by atomic mass is 35.5. The first-order chi connectivity index (χ1) is 6.59. The minimum absolute atomic E-state index is 0.179. The number of hydrogen-bond donors (Lipinski definition) is 0. The Kier molecular flexibility index (Phi) is 2.19. The van der Waals surface area contributed by atoms with Gasteiger partial charge in [-0.3, -0.25) is 4.68 Å². The van der Waals surface area contributed by atoms with Crippen LogP contribution in [-0.2, 0) is 0 Å². The Bertz CT molecular complexity index is 476. The van der Waals surface area contributed by atoms with Crippen LogP contribution in [0.2, 0.25) is 5.15 Å². The average molecular weight is 213 g/mol. The fourth-order valence-corrected chi connectivity index (χ4v) is 1.77. The van der Waals surface area contributed by atoms with Crippen molar-refractivity contribution in [1.29, 1.82) is 0 Å². The van der Waals surface area contributed by atoms with Gasteiger partial charge in [0, 0.05) is 11.4 Å². The summed E-state index contributed by atoms with van der Waals surface area (Å²) in [7, 11) is 0. The summed E-state index contributed by atoms with van der Waals surface area (Å²) in [6, 6.07) is 4.60. The first kappa shape index (κ1) is 9.46. The fourth-order valence-electron chi connectivity index (χ4n) is 1.39. The van der Waals surface area contributed by atoms with Gasteiger partial charge in [-0.1, -0.05) is 11.6 Å². The van der Waals surface area contributed by atoms with Crippen LogP contribution in [0.1, 0.15) is 19.9 Å². The second kappa shape index (κ2) is 3.24. The number of aromatic nitrogens is 2. The molecule has 0 unspecified atom stereocenters. The third kappa shape index (κ3) is 1.38. The van der Waals surface area contributed by atoms with Crippen LogP contribution in [-0.4, -0.2) is 9.78 Å². The van der Waals surface area contributed by atoms with Crippen LogP contribution in [0.25, 0.3) is 10.9 Å². The third-order valence-corrected chi connectivity index (χ3v) is 2.46. The standard InChI is InChI=1S/C10H10ClFN2/c1-6(2)14-10(11)8-5-7(12)3-4-9(8)13-14/h3-6H,1-2H3. The predicted octanol–water partition coefficient (Wildman–Crippen LogP) is 3.41. The normalized spacial score (nSPS) is 11.5. The van der Waals surface area contributed by atoms with Gasteiger partial charge in [-0.2, -0.15) is 5.10 Å². The molecule has 0 saturated heterocycles. The van der Waals surface area contributed by atoms with Crippen LogP contribution in [0.4, 0.5) is 4.39 Å². The molecule has 0 aliphatic rings. The number of rotatable bonds is 1. The maximum absolute atomic E-state index is 12.9. The summed E-state index contributed by atoms with van der Waals surface area (Å²) in [6.07, 6.45) is 0. The van der Waals surface area contributed by atoms with Crippen molar-refractivity contribution in [3.05, 3.63) is 29.2 Å². The molecule has 0 saturated carbocycles. The minimum atomic E-state index is -0.289. The van der Waals surface area contributed by atoms with E-state index in [4.69, 9.17) is 11.6 Å². The molecule has 1 aromatic carbocycles. The second-order valence-electron chi connectivity index (χ2n) is 3.49. The highest BCUT2D eigenvalue weighted by molar-refractivity contribution is 6.34. The van der Waals surface area contributed by atoms with Gasteiger partial charge in [0.25, 0.3) is 0 Å². The minimum Gasteiger partial charge on any atom is -0.250 e. The maximum atomic E-state index is 12.9. The van der Waals surface area contributed by atoms with E-state index in [0.29, 0.717) is 10.5 Å². The molecular weight excluding hydrogens is 203 g/mol. The zero-order valence-corrected chi connectivity index (χ0v) is 8.72. The van der Waals surface area contributed by atoms with E-state index in [-0.39, 0.29) is 11.9 Å². The maximum Gasteiger partial charge on any atom is 0.135 e. The molecule has 2 aromatic rings. The molecule has 0 bridgehead atoms. The lowest BCUT2D eigenvalue weighted by Gasteiger charge is -2.05. The second-order valence-corrected chi connectivity index (χ2v) is 3.85. The third-order valence-electron chi connectivity index (χ3n) is 2.09. The molecular formula is C10H10ClFN2. The van der Waals surface area contributed by atoms with Crippen molar-refractivity contribution in [2.45, 2.75) is 19.9 Å². The Morgan fingerprint density at radius 1 is 1.43 bits per heavy atom. The van der Waals surface area contributed by atoms with Crippen molar-refractivity contribution in [2.24, 2.45) is 0 Å². The van der Waals surface area contributed by atoms with E-state index >= 15 is 0 Å². The quantitative estimate of drug-likeness (QED) is 0.709. The van der Waals surface area contributed by atoms with Crippen LogP contribution < -0.4 is 0 Å². The molecule has 1 heterocycles. The molecule has 2 nitrogen and oxygen atoms in total. The van der Waals surface area contributed by atoms with Crippen molar-refractivity contribution >= 4 is 22.5 Å². The summed E-state index contributed by atoms with van der Waals surface area (Å²) in [5, 5.41) is 5.43. The van der Waals surface area contributed by atoms with Crippen molar-refractivity contribution in [2.75, 3.05) is 0 Å². The Hall–Kier alpha value is -1.09. The summed E-state index contributed by atoms with van der Waals surface area (Å²) in [4.78, 5) is 0. The Morgan fingerprint density at radius 2 is 2.14 bits per heavy atom. The molecule has 0 aliphatic carbocycles. The van der Waals surface area contributed by atoms with Crippen molar-refractivity contribution in [3.8, 4) is 0 Å². The zero-order chi connectivity index (χ0) is 10.3. The van der Waals surface area contributed by atoms with E-state index in [1.165, 1.54) is 12.1 Å². The SMILES string of the molecule is CC(C)n1nc2ccc(F)cc2c1Cl. The van der Waals surface area contributed by atoms with Crippen LogP contribution in [0.15, 0.2) is 18.2 Å². The smallest absolute Gasteiger partial charge is 0.135 e. The lowest BCUT2D eigenvalue weighted by atomic mass is 10.2. The number of hydrogen-bond acceptors (Lipinski definition) is 1. The average Bonchev–Trinajstić information content (AvgIpc) is 2.44. The van der Waals surface area contributed by atoms with E-state index in [1.54, 1.807) is 10.7 Å². The van der Waals surface area contributed by atoms with Crippen molar-refractivity contribution in [3.63, 3.8) is 0 Å². The van der Waals surface area contributed by atoms with Gasteiger partial charge >= 0.3 is 0 Å². The van der Waals surface area contributed by atoms with Gasteiger partial charge in [-0.05, 0) is 32.0 Å². The van der Waals surface area contributed by atoms with Gasteiger partial charge in [0.15, 0.2) is 0 Å². The Labute approximate surface area is 86.3 Å². The molecule has 4 heteroatoms. The molecule has 0 radical (unpaired) electrons. The molecule has 2 rings (SSSR count). The van der Waals surface area contributed by atoms with Gasteiger partial charge < -0.3 is 0 Å². The number of fused-ring (bicyclic) bond motifs is 1. The van der Waals surface area contributed by atoms with E-state index in [9.17, 15) is 4.39 Å². The summed E-state index contributed by atoms with van der Waals surface area (Å²) in [6.45, 7) is 3.96. The zero-order valence-electron chi connectivity index (χ0n) is 7.96. The molecule has 14 heavy (non-hydrogen) atoms. The summed E-state index contributed by atoms with van der Waals surface area (Å²) in [5.74, 6) is -0.289. The highest BCUT2D eigenvalue weighted by Crippen LogP contribution is 2.26. The van der Waals surface area contributed by atoms with Crippen LogP contribution >= 0.6 is 11.6 Å². The highest BCUT2D eigenvalue weighted by Gasteiger charge is 2.11. The molecule has 0 N–H and O–H groups in total. The predicted molar refractivity (Wildman–Crippen MR) is 55.1 cm³/mol. The lowest BCUT2D eigenvalue weighted by Crippen LogP contribution is -2.01.